The molecule has 0 radical (unpaired) electrons. The molecule has 0 saturated carbocycles. The second kappa shape index (κ2) is 2.91. The largest absolute Gasteiger partial charge is 0.409 e. The zero-order chi connectivity index (χ0) is 8.55. The Morgan fingerprint density at radius 3 is 2.75 bits per heavy atom. The van der Waals surface area contributed by atoms with Gasteiger partial charge >= 0.3 is 0 Å². The smallest absolute Gasteiger partial charge is 0.153 e. The first-order valence-electron chi connectivity index (χ1n) is 4.11. The number of amidine groups is 1. The molecular weight excluding hydrogens is 158 g/mol. The van der Waals surface area contributed by atoms with Crippen molar-refractivity contribution in [3.63, 3.8) is 0 Å². The molecule has 2 bridgehead atoms. The topological polar surface area (TPSA) is 71.1 Å². The molecule has 0 unspecified atom stereocenters. The highest BCUT2D eigenvalue weighted by atomic mass is 16.5. The summed E-state index contributed by atoms with van der Waals surface area (Å²) >= 11 is 0. The van der Waals surface area contributed by atoms with Crippen molar-refractivity contribution in [2.45, 2.75) is 18.5 Å². The first kappa shape index (κ1) is 7.82. The number of hydrogen-bond acceptors (Lipinski definition) is 4. The van der Waals surface area contributed by atoms with Crippen LogP contribution in [0, 0.1) is 0 Å². The monoisotopic (exact) mass is 171 g/mol. The Morgan fingerprint density at radius 2 is 2.25 bits per heavy atom. The molecule has 0 aromatic carbocycles. The predicted octanol–water partition coefficient (Wildman–Crippen LogP) is -0.794. The Bertz CT molecular complexity index is 193. The van der Waals surface area contributed by atoms with Crippen molar-refractivity contribution in [3.05, 3.63) is 0 Å². The van der Waals surface area contributed by atoms with Crippen LogP contribution in [0.25, 0.3) is 0 Å². The average molecular weight is 171 g/mol. The van der Waals surface area contributed by atoms with Gasteiger partial charge in [0.1, 0.15) is 0 Å². The Morgan fingerprint density at radius 1 is 1.58 bits per heavy atom. The van der Waals surface area contributed by atoms with Gasteiger partial charge in [-0.25, -0.2) is 0 Å². The maximum atomic E-state index is 8.37. The molecule has 5 nitrogen and oxygen atoms in total. The van der Waals surface area contributed by atoms with Crippen LogP contribution >= 0.6 is 0 Å². The Kier molecular flexibility index (Phi) is 1.90. The van der Waals surface area contributed by atoms with Crippen LogP contribution in [-0.4, -0.2) is 47.8 Å². The number of nitrogens with two attached hydrogens (primary N) is 1. The Balaban J connectivity index is 1.90. The van der Waals surface area contributed by atoms with Crippen molar-refractivity contribution < 1.29 is 9.94 Å². The van der Waals surface area contributed by atoms with Gasteiger partial charge in [0.15, 0.2) is 5.84 Å². The molecule has 0 amide bonds. The molecule has 0 aromatic heterocycles. The lowest BCUT2D eigenvalue weighted by Gasteiger charge is -2.52. The second-order valence-electron chi connectivity index (χ2n) is 3.34. The van der Waals surface area contributed by atoms with E-state index in [-0.39, 0.29) is 5.84 Å². The Labute approximate surface area is 70.8 Å². The molecule has 0 spiro atoms. The quantitative estimate of drug-likeness (QED) is 0.247. The first-order valence-corrected chi connectivity index (χ1v) is 4.11. The van der Waals surface area contributed by atoms with Crippen molar-refractivity contribution in [2.24, 2.45) is 10.9 Å². The summed E-state index contributed by atoms with van der Waals surface area (Å²) in [4.78, 5) is 2.22. The molecule has 68 valence electrons. The van der Waals surface area contributed by atoms with Crippen molar-refractivity contribution in [3.8, 4) is 0 Å². The van der Waals surface area contributed by atoms with E-state index in [9.17, 15) is 0 Å². The van der Waals surface area contributed by atoms with Crippen LogP contribution < -0.4 is 5.73 Å². The summed E-state index contributed by atoms with van der Waals surface area (Å²) in [6.07, 6.45) is 1.19. The maximum absolute atomic E-state index is 8.37. The van der Waals surface area contributed by atoms with E-state index in [4.69, 9.17) is 15.7 Å². The highest BCUT2D eigenvalue weighted by Crippen LogP contribution is 2.29. The number of oxime groups is 1. The van der Waals surface area contributed by atoms with Gasteiger partial charge in [0.05, 0.1) is 19.8 Å². The molecule has 5 heteroatoms. The van der Waals surface area contributed by atoms with Crippen LogP contribution in [0.15, 0.2) is 5.16 Å². The molecular formula is C7H13N3O2. The molecule has 3 N–H and O–H groups in total. The van der Waals surface area contributed by atoms with Crippen molar-refractivity contribution in [2.75, 3.05) is 19.8 Å². The minimum absolute atomic E-state index is 0.284. The number of morpholine rings is 1. The number of rotatable bonds is 2. The van der Waals surface area contributed by atoms with Crippen molar-refractivity contribution in [1.29, 1.82) is 0 Å². The van der Waals surface area contributed by atoms with E-state index >= 15 is 0 Å². The van der Waals surface area contributed by atoms with E-state index in [1.807, 2.05) is 0 Å². The third kappa shape index (κ3) is 1.15. The lowest BCUT2D eigenvalue weighted by molar-refractivity contribution is -0.119. The molecule has 3 fully saturated rings. The summed E-state index contributed by atoms with van der Waals surface area (Å²) in [6.45, 7) is 2.14. The van der Waals surface area contributed by atoms with Gasteiger partial charge in [0, 0.05) is 12.1 Å². The summed E-state index contributed by atoms with van der Waals surface area (Å²) < 4.78 is 5.29. The van der Waals surface area contributed by atoms with Crippen LogP contribution in [0.3, 0.4) is 0 Å². The Hall–Kier alpha value is -0.810. The fourth-order valence-electron chi connectivity index (χ4n) is 1.89. The van der Waals surface area contributed by atoms with Crippen molar-refractivity contribution in [1.82, 2.24) is 4.90 Å². The van der Waals surface area contributed by atoms with Crippen LogP contribution in [0.5, 0.6) is 0 Å². The molecule has 3 saturated heterocycles. The number of nitrogens with zero attached hydrogens (tertiary/aromatic N) is 2. The van der Waals surface area contributed by atoms with E-state index in [0.717, 1.165) is 13.2 Å². The summed E-state index contributed by atoms with van der Waals surface area (Å²) in [6, 6.07) is 0.980. The highest BCUT2D eigenvalue weighted by molar-refractivity contribution is 5.81. The lowest BCUT2D eigenvalue weighted by atomic mass is 9.91. The minimum Gasteiger partial charge on any atom is -0.409 e. The van der Waals surface area contributed by atoms with Gasteiger partial charge in [-0.2, -0.15) is 0 Å². The zero-order valence-corrected chi connectivity index (χ0v) is 6.81. The van der Waals surface area contributed by atoms with Gasteiger partial charge in [-0.05, 0) is 6.42 Å². The second-order valence-corrected chi connectivity index (χ2v) is 3.34. The van der Waals surface area contributed by atoms with Crippen LogP contribution in [0.2, 0.25) is 0 Å². The van der Waals surface area contributed by atoms with E-state index < -0.39 is 0 Å². The number of hydrogen-bond donors (Lipinski definition) is 2. The van der Waals surface area contributed by atoms with Crippen LogP contribution in [0.4, 0.5) is 0 Å². The van der Waals surface area contributed by atoms with Gasteiger partial charge < -0.3 is 15.7 Å². The SMILES string of the molecule is NC(CN1[C@H]2COC[C@H]1C2)=NO. The molecule has 3 heterocycles. The van der Waals surface area contributed by atoms with E-state index in [1.165, 1.54) is 6.42 Å². The zero-order valence-electron chi connectivity index (χ0n) is 6.81. The molecule has 0 aromatic rings. The lowest BCUT2D eigenvalue weighted by Crippen LogP contribution is -2.65. The summed E-state index contributed by atoms with van der Waals surface area (Å²) in [5, 5.41) is 11.3. The minimum atomic E-state index is 0.284. The molecule has 2 atom stereocenters. The number of fused-ring (bicyclic) bond motifs is 2. The third-order valence-electron chi connectivity index (χ3n) is 2.58. The first-order chi connectivity index (χ1) is 5.81. The van der Waals surface area contributed by atoms with Gasteiger partial charge in [-0.3, -0.25) is 4.90 Å². The molecule has 3 aliphatic heterocycles. The normalized spacial score (nSPS) is 36.2. The van der Waals surface area contributed by atoms with Crippen molar-refractivity contribution >= 4 is 5.84 Å². The van der Waals surface area contributed by atoms with Gasteiger partial charge in [-0.15, -0.1) is 0 Å². The summed E-state index contributed by atoms with van der Waals surface area (Å²) in [5.74, 6) is 0.284. The summed E-state index contributed by atoms with van der Waals surface area (Å²) in [5.41, 5.74) is 5.40. The molecule has 3 rings (SSSR count). The van der Waals surface area contributed by atoms with Gasteiger partial charge in [0.2, 0.25) is 0 Å². The maximum Gasteiger partial charge on any atom is 0.153 e. The third-order valence-corrected chi connectivity index (χ3v) is 2.58. The van der Waals surface area contributed by atoms with Crippen LogP contribution in [-0.2, 0) is 4.74 Å². The fourth-order valence-corrected chi connectivity index (χ4v) is 1.89. The molecule has 0 aliphatic carbocycles. The predicted molar refractivity (Wildman–Crippen MR) is 43.1 cm³/mol. The summed E-state index contributed by atoms with van der Waals surface area (Å²) in [7, 11) is 0. The van der Waals surface area contributed by atoms with E-state index in [0.29, 0.717) is 18.6 Å². The van der Waals surface area contributed by atoms with Gasteiger partial charge in [-0.1, -0.05) is 5.16 Å². The van der Waals surface area contributed by atoms with Crippen LogP contribution in [0.1, 0.15) is 6.42 Å². The highest BCUT2D eigenvalue weighted by Gasteiger charge is 2.42. The van der Waals surface area contributed by atoms with E-state index in [1.54, 1.807) is 0 Å². The average Bonchev–Trinajstić information content (AvgIpc) is 2.14. The molecule has 12 heavy (non-hydrogen) atoms. The number of ether oxygens (including phenoxy) is 1. The standard InChI is InChI=1S/C7H13N3O2/c8-7(9-11)2-10-5-1-6(10)4-12-3-5/h5-6,11H,1-4H2,(H2,8,9)/t5-,6-/m1/s1. The van der Waals surface area contributed by atoms with Gasteiger partial charge in [0.25, 0.3) is 0 Å². The molecule has 3 aliphatic rings. The fraction of sp³-hybridized carbons (Fsp3) is 0.857. The van der Waals surface area contributed by atoms with E-state index in [2.05, 4.69) is 10.1 Å².